The second-order valence-electron chi connectivity index (χ2n) is 2.82. The second kappa shape index (κ2) is 3.25. The van der Waals surface area contributed by atoms with Crippen molar-refractivity contribution in [2.45, 2.75) is 18.9 Å². The van der Waals surface area contributed by atoms with Crippen LogP contribution in [-0.4, -0.2) is 16.2 Å². The molecule has 12 heavy (non-hydrogen) atoms. The number of carboxylic acid groups (broad SMARTS) is 1. The fraction of sp³-hybridized carbons (Fsp3) is 0.375. The van der Waals surface area contributed by atoms with Crippen LogP contribution >= 0.6 is 11.3 Å². The smallest absolute Gasteiger partial charge is 0.306 e. The number of hydrogen-bond donors (Lipinski definition) is 2. The third-order valence-electron chi connectivity index (χ3n) is 1.55. The van der Waals surface area contributed by atoms with Gasteiger partial charge in [0.15, 0.2) is 0 Å². The molecule has 0 saturated carbocycles. The molecule has 0 fully saturated rings. The molecule has 66 valence electrons. The van der Waals surface area contributed by atoms with Gasteiger partial charge in [-0.25, -0.2) is 0 Å². The normalized spacial score (nSPS) is 15.5. The quantitative estimate of drug-likeness (QED) is 0.750. The Morgan fingerprint density at radius 1 is 1.75 bits per heavy atom. The standard InChI is InChI=1S/C8H10O3S/c1-8(11,5-7(9)10)6-3-2-4-12-6/h2-4,11H,5H2,1H3,(H,9,10). The Morgan fingerprint density at radius 3 is 2.83 bits per heavy atom. The van der Waals surface area contributed by atoms with Crippen molar-refractivity contribution in [3.63, 3.8) is 0 Å². The number of aliphatic hydroxyl groups is 1. The van der Waals surface area contributed by atoms with Gasteiger partial charge in [0.1, 0.15) is 5.60 Å². The van der Waals surface area contributed by atoms with Crippen LogP contribution in [0.4, 0.5) is 0 Å². The highest BCUT2D eigenvalue weighted by atomic mass is 32.1. The third kappa shape index (κ3) is 2.06. The number of rotatable bonds is 3. The molecule has 2 N–H and O–H groups in total. The molecule has 1 heterocycles. The number of aliphatic carboxylic acids is 1. The first-order valence-corrected chi connectivity index (χ1v) is 4.38. The number of carboxylic acids is 1. The SMILES string of the molecule is CC(O)(CC(=O)O)c1cccs1. The van der Waals surface area contributed by atoms with Crippen molar-refractivity contribution in [2.24, 2.45) is 0 Å². The van der Waals surface area contributed by atoms with Gasteiger partial charge in [0, 0.05) is 4.88 Å². The van der Waals surface area contributed by atoms with E-state index in [0.29, 0.717) is 4.88 Å². The fourth-order valence-corrected chi connectivity index (χ4v) is 1.75. The largest absolute Gasteiger partial charge is 0.481 e. The third-order valence-corrected chi connectivity index (χ3v) is 2.67. The van der Waals surface area contributed by atoms with Crippen LogP contribution in [0.25, 0.3) is 0 Å². The summed E-state index contributed by atoms with van der Waals surface area (Å²) in [6.45, 7) is 1.51. The maximum atomic E-state index is 10.4. The zero-order valence-electron chi connectivity index (χ0n) is 6.65. The Hall–Kier alpha value is -0.870. The molecule has 0 aliphatic heterocycles. The molecule has 1 aromatic rings. The van der Waals surface area contributed by atoms with Crippen molar-refractivity contribution >= 4 is 17.3 Å². The van der Waals surface area contributed by atoms with Gasteiger partial charge in [0.05, 0.1) is 6.42 Å². The highest BCUT2D eigenvalue weighted by Gasteiger charge is 2.27. The maximum absolute atomic E-state index is 10.4. The lowest BCUT2D eigenvalue weighted by molar-refractivity contribution is -0.142. The van der Waals surface area contributed by atoms with Gasteiger partial charge in [-0.3, -0.25) is 4.79 Å². The first-order chi connectivity index (χ1) is 5.52. The summed E-state index contributed by atoms with van der Waals surface area (Å²) >= 11 is 1.36. The van der Waals surface area contributed by atoms with Crippen LogP contribution in [0.15, 0.2) is 17.5 Å². The predicted octanol–water partition coefficient (Wildman–Crippen LogP) is 1.43. The highest BCUT2D eigenvalue weighted by molar-refractivity contribution is 7.10. The van der Waals surface area contributed by atoms with Crippen LogP contribution in [-0.2, 0) is 10.4 Å². The molecule has 0 radical (unpaired) electrons. The summed E-state index contributed by atoms with van der Waals surface area (Å²) < 4.78 is 0. The summed E-state index contributed by atoms with van der Waals surface area (Å²) in [5, 5.41) is 20.0. The molecular formula is C8H10O3S. The van der Waals surface area contributed by atoms with Gasteiger partial charge in [-0.15, -0.1) is 11.3 Å². The summed E-state index contributed by atoms with van der Waals surface area (Å²) in [5.41, 5.74) is -1.24. The van der Waals surface area contributed by atoms with E-state index in [0.717, 1.165) is 0 Å². The lowest BCUT2D eigenvalue weighted by Gasteiger charge is -2.18. The van der Waals surface area contributed by atoms with E-state index in [-0.39, 0.29) is 6.42 Å². The van der Waals surface area contributed by atoms with Crippen molar-refractivity contribution in [1.29, 1.82) is 0 Å². The Labute approximate surface area is 74.3 Å². The average Bonchev–Trinajstić information content (AvgIpc) is 2.32. The van der Waals surface area contributed by atoms with E-state index in [1.165, 1.54) is 18.3 Å². The van der Waals surface area contributed by atoms with E-state index in [4.69, 9.17) is 5.11 Å². The number of hydrogen-bond acceptors (Lipinski definition) is 3. The van der Waals surface area contributed by atoms with E-state index < -0.39 is 11.6 Å². The first-order valence-electron chi connectivity index (χ1n) is 3.50. The van der Waals surface area contributed by atoms with E-state index in [9.17, 15) is 9.90 Å². The second-order valence-corrected chi connectivity index (χ2v) is 3.77. The van der Waals surface area contributed by atoms with E-state index in [2.05, 4.69) is 0 Å². The van der Waals surface area contributed by atoms with Crippen molar-refractivity contribution in [3.8, 4) is 0 Å². The summed E-state index contributed by atoms with van der Waals surface area (Å²) in [4.78, 5) is 11.0. The highest BCUT2D eigenvalue weighted by Crippen LogP contribution is 2.28. The van der Waals surface area contributed by atoms with E-state index >= 15 is 0 Å². The molecule has 0 aliphatic carbocycles. The van der Waals surface area contributed by atoms with Gasteiger partial charge in [0.25, 0.3) is 0 Å². The van der Waals surface area contributed by atoms with Gasteiger partial charge in [0.2, 0.25) is 0 Å². The van der Waals surface area contributed by atoms with Crippen LogP contribution in [0.3, 0.4) is 0 Å². The van der Waals surface area contributed by atoms with Crippen molar-refractivity contribution < 1.29 is 15.0 Å². The molecule has 1 atom stereocenters. The Bertz CT molecular complexity index is 264. The summed E-state index contributed by atoms with van der Waals surface area (Å²) in [5.74, 6) is -0.992. The van der Waals surface area contributed by atoms with Gasteiger partial charge in [-0.05, 0) is 18.4 Å². The Morgan fingerprint density at radius 2 is 2.42 bits per heavy atom. The maximum Gasteiger partial charge on any atom is 0.306 e. The minimum Gasteiger partial charge on any atom is -0.481 e. The average molecular weight is 186 g/mol. The van der Waals surface area contributed by atoms with Crippen LogP contribution < -0.4 is 0 Å². The molecule has 0 aliphatic rings. The summed E-state index contributed by atoms with van der Waals surface area (Å²) in [6.07, 6.45) is -0.256. The molecule has 0 bridgehead atoms. The van der Waals surface area contributed by atoms with Crippen molar-refractivity contribution in [3.05, 3.63) is 22.4 Å². The predicted molar refractivity (Wildman–Crippen MR) is 46.1 cm³/mol. The summed E-state index contributed by atoms with van der Waals surface area (Å²) in [7, 11) is 0. The number of carbonyl (C=O) groups is 1. The van der Waals surface area contributed by atoms with Gasteiger partial charge in [-0.2, -0.15) is 0 Å². The molecule has 0 saturated heterocycles. The first kappa shape index (κ1) is 9.22. The van der Waals surface area contributed by atoms with Crippen molar-refractivity contribution in [1.82, 2.24) is 0 Å². The van der Waals surface area contributed by atoms with E-state index in [1.54, 1.807) is 12.1 Å². The molecule has 0 aromatic carbocycles. The van der Waals surface area contributed by atoms with Crippen LogP contribution in [0.1, 0.15) is 18.2 Å². The Kier molecular flexibility index (Phi) is 2.49. The zero-order chi connectivity index (χ0) is 9.19. The minimum absolute atomic E-state index is 0.256. The molecule has 1 rings (SSSR count). The molecular weight excluding hydrogens is 176 g/mol. The molecule has 0 spiro atoms. The lowest BCUT2D eigenvalue weighted by atomic mass is 10.0. The molecule has 1 aromatic heterocycles. The molecule has 4 heteroatoms. The minimum atomic E-state index is -1.24. The lowest BCUT2D eigenvalue weighted by Crippen LogP contribution is -2.23. The molecule has 3 nitrogen and oxygen atoms in total. The topological polar surface area (TPSA) is 57.5 Å². The molecule has 0 amide bonds. The fourth-order valence-electron chi connectivity index (χ4n) is 0.967. The van der Waals surface area contributed by atoms with Crippen LogP contribution in [0, 0.1) is 0 Å². The van der Waals surface area contributed by atoms with E-state index in [1.807, 2.05) is 5.38 Å². The zero-order valence-corrected chi connectivity index (χ0v) is 7.47. The van der Waals surface area contributed by atoms with Crippen LogP contribution in [0.5, 0.6) is 0 Å². The monoisotopic (exact) mass is 186 g/mol. The van der Waals surface area contributed by atoms with Gasteiger partial charge in [-0.1, -0.05) is 6.07 Å². The van der Waals surface area contributed by atoms with Gasteiger partial charge < -0.3 is 10.2 Å². The van der Waals surface area contributed by atoms with Crippen LogP contribution in [0.2, 0.25) is 0 Å². The molecule has 1 unspecified atom stereocenters. The Balaban J connectivity index is 2.79. The van der Waals surface area contributed by atoms with Crippen molar-refractivity contribution in [2.75, 3.05) is 0 Å². The van der Waals surface area contributed by atoms with Gasteiger partial charge >= 0.3 is 5.97 Å². The summed E-state index contributed by atoms with van der Waals surface area (Å²) in [6, 6.07) is 3.52. The number of thiophene rings is 1.